The number of carbonyl (C=O) groups is 1. The van der Waals surface area contributed by atoms with Gasteiger partial charge in [-0.05, 0) is 35.9 Å². The molecule has 0 radical (unpaired) electrons. The molecule has 34 heavy (non-hydrogen) atoms. The van der Waals surface area contributed by atoms with E-state index < -0.39 is 23.5 Å². The number of benzene rings is 2. The van der Waals surface area contributed by atoms with E-state index in [2.05, 4.69) is 15.5 Å². The third-order valence-corrected chi connectivity index (χ3v) is 4.91. The van der Waals surface area contributed by atoms with E-state index in [-0.39, 0.29) is 24.0 Å². The lowest BCUT2D eigenvalue weighted by atomic mass is 10.1. The summed E-state index contributed by atoms with van der Waals surface area (Å²) in [6, 6.07) is 10.3. The molecular weight excluding hydrogens is 478 g/mol. The Morgan fingerprint density at radius 3 is 2.71 bits per heavy atom. The fourth-order valence-corrected chi connectivity index (χ4v) is 3.18. The highest BCUT2D eigenvalue weighted by molar-refractivity contribution is 6.30. The Morgan fingerprint density at radius 2 is 1.94 bits per heavy atom. The molecule has 1 amide bonds. The number of hydrogen-bond acceptors (Lipinski definition) is 4. The van der Waals surface area contributed by atoms with E-state index in [0.29, 0.717) is 17.0 Å². The molecule has 7 nitrogen and oxygen atoms in total. The van der Waals surface area contributed by atoms with Crippen molar-refractivity contribution in [3.63, 3.8) is 0 Å². The lowest BCUT2D eigenvalue weighted by molar-refractivity contribution is -0.137. The number of aromatic nitrogens is 4. The topological polar surface area (TPSA) is 74.0 Å². The summed E-state index contributed by atoms with van der Waals surface area (Å²) in [5, 5.41) is 10.7. The molecule has 4 aromatic rings. The number of nitrogens with zero attached hydrogens (tertiary/aromatic N) is 4. The van der Waals surface area contributed by atoms with E-state index in [1.165, 1.54) is 58.3 Å². The zero-order chi connectivity index (χ0) is 24.3. The van der Waals surface area contributed by atoms with Crippen LogP contribution in [0.25, 0.3) is 0 Å². The first-order valence-electron chi connectivity index (χ1n) is 9.78. The van der Waals surface area contributed by atoms with Crippen molar-refractivity contribution in [2.24, 2.45) is 0 Å². The van der Waals surface area contributed by atoms with Gasteiger partial charge in [0, 0.05) is 18.5 Å². The standard InChI is InChI=1S/C22H16ClF4N5O2/c23-18-9-17(4-5-19(18)24)34-13-31-7-6-20(30-31)21(33)29-16-10-28-32(12-16)11-14-2-1-3-15(8-14)22(25,26)27/h1-10,12H,11,13H2,(H,29,33). The summed E-state index contributed by atoms with van der Waals surface area (Å²) in [6.07, 6.45) is -0.0304. The van der Waals surface area contributed by atoms with Gasteiger partial charge >= 0.3 is 6.18 Å². The van der Waals surface area contributed by atoms with E-state index in [1.54, 1.807) is 6.07 Å². The summed E-state index contributed by atoms with van der Waals surface area (Å²) in [5.74, 6) is -0.742. The van der Waals surface area contributed by atoms with E-state index in [4.69, 9.17) is 16.3 Å². The number of nitrogens with one attached hydrogen (secondary N) is 1. The Morgan fingerprint density at radius 1 is 1.12 bits per heavy atom. The van der Waals surface area contributed by atoms with Gasteiger partial charge < -0.3 is 10.1 Å². The van der Waals surface area contributed by atoms with Gasteiger partial charge in [-0.3, -0.25) is 9.48 Å². The summed E-state index contributed by atoms with van der Waals surface area (Å²) in [4.78, 5) is 12.5. The number of ether oxygens (including phenoxy) is 1. The number of rotatable bonds is 7. The zero-order valence-corrected chi connectivity index (χ0v) is 18.0. The second-order valence-electron chi connectivity index (χ2n) is 7.17. The molecule has 0 bridgehead atoms. The molecule has 4 rings (SSSR count). The summed E-state index contributed by atoms with van der Waals surface area (Å²) >= 11 is 5.71. The summed E-state index contributed by atoms with van der Waals surface area (Å²) < 4.78 is 60.1. The predicted molar refractivity (Wildman–Crippen MR) is 115 cm³/mol. The number of hydrogen-bond donors (Lipinski definition) is 1. The highest BCUT2D eigenvalue weighted by Crippen LogP contribution is 2.29. The van der Waals surface area contributed by atoms with Crippen LogP contribution in [0.3, 0.4) is 0 Å². The fraction of sp³-hybridized carbons (Fsp3) is 0.136. The molecule has 0 spiro atoms. The van der Waals surface area contributed by atoms with Crippen molar-refractivity contribution in [2.45, 2.75) is 19.5 Å². The van der Waals surface area contributed by atoms with Crippen molar-refractivity contribution in [2.75, 3.05) is 5.32 Å². The SMILES string of the molecule is O=C(Nc1cnn(Cc2cccc(C(F)(F)F)c2)c1)c1ccn(COc2ccc(F)c(Cl)c2)n1. The molecule has 0 aliphatic carbocycles. The molecule has 0 saturated carbocycles. The first kappa shape index (κ1) is 23.3. The lowest BCUT2D eigenvalue weighted by Crippen LogP contribution is -2.14. The average Bonchev–Trinajstić information content (AvgIpc) is 3.44. The van der Waals surface area contributed by atoms with Crippen LogP contribution in [0.2, 0.25) is 5.02 Å². The monoisotopic (exact) mass is 493 g/mol. The van der Waals surface area contributed by atoms with Gasteiger partial charge in [0.25, 0.3) is 5.91 Å². The maximum absolute atomic E-state index is 13.2. The quantitative estimate of drug-likeness (QED) is 0.358. The minimum atomic E-state index is -4.43. The summed E-state index contributed by atoms with van der Waals surface area (Å²) in [6.45, 7) is 0.0589. The Labute approximate surface area is 195 Å². The Bertz CT molecular complexity index is 1320. The van der Waals surface area contributed by atoms with Gasteiger partial charge in [0.05, 0.1) is 29.0 Å². The van der Waals surface area contributed by atoms with E-state index in [0.717, 1.165) is 12.1 Å². The van der Waals surface area contributed by atoms with E-state index in [9.17, 15) is 22.4 Å². The van der Waals surface area contributed by atoms with Gasteiger partial charge in [-0.25, -0.2) is 9.07 Å². The normalized spacial score (nSPS) is 11.4. The van der Waals surface area contributed by atoms with Gasteiger partial charge in [-0.15, -0.1) is 0 Å². The van der Waals surface area contributed by atoms with Crippen LogP contribution >= 0.6 is 11.6 Å². The van der Waals surface area contributed by atoms with Crippen LogP contribution < -0.4 is 10.1 Å². The predicted octanol–water partition coefficient (Wildman–Crippen LogP) is 5.23. The smallest absolute Gasteiger partial charge is 0.416 e. The molecule has 0 aliphatic rings. The third-order valence-electron chi connectivity index (χ3n) is 4.62. The number of alkyl halides is 3. The van der Waals surface area contributed by atoms with Gasteiger partial charge in [-0.1, -0.05) is 23.7 Å². The second kappa shape index (κ2) is 9.56. The van der Waals surface area contributed by atoms with Crippen molar-refractivity contribution in [1.82, 2.24) is 19.6 Å². The fourth-order valence-electron chi connectivity index (χ4n) is 3.00. The molecule has 176 valence electrons. The van der Waals surface area contributed by atoms with Gasteiger partial charge in [-0.2, -0.15) is 23.4 Å². The Hall–Kier alpha value is -3.86. The van der Waals surface area contributed by atoms with Crippen molar-refractivity contribution < 1.29 is 27.1 Å². The lowest BCUT2D eigenvalue weighted by Gasteiger charge is -2.08. The molecule has 0 unspecified atom stereocenters. The molecule has 2 aromatic carbocycles. The molecule has 12 heteroatoms. The van der Waals surface area contributed by atoms with Crippen LogP contribution in [-0.2, 0) is 19.5 Å². The molecule has 2 aromatic heterocycles. The van der Waals surface area contributed by atoms with E-state index >= 15 is 0 Å². The Balaban J connectivity index is 1.34. The third kappa shape index (κ3) is 5.73. The largest absolute Gasteiger partial charge is 0.471 e. The maximum Gasteiger partial charge on any atom is 0.416 e. The minimum Gasteiger partial charge on any atom is -0.471 e. The molecule has 0 atom stereocenters. The zero-order valence-electron chi connectivity index (χ0n) is 17.3. The van der Waals surface area contributed by atoms with Gasteiger partial charge in [0.15, 0.2) is 12.4 Å². The first-order valence-corrected chi connectivity index (χ1v) is 10.2. The molecule has 0 saturated heterocycles. The van der Waals surface area contributed by atoms with Crippen molar-refractivity contribution >= 4 is 23.2 Å². The van der Waals surface area contributed by atoms with Crippen LogP contribution in [0, 0.1) is 5.82 Å². The number of carbonyl (C=O) groups excluding carboxylic acids is 1. The maximum atomic E-state index is 13.2. The summed E-state index contributed by atoms with van der Waals surface area (Å²) in [7, 11) is 0. The van der Waals surface area contributed by atoms with Crippen molar-refractivity contribution in [3.05, 3.63) is 94.8 Å². The van der Waals surface area contributed by atoms with Crippen LogP contribution in [0.4, 0.5) is 23.2 Å². The molecule has 2 heterocycles. The molecular formula is C22H16ClF4N5O2. The molecule has 0 aliphatic heterocycles. The molecule has 1 N–H and O–H groups in total. The van der Waals surface area contributed by atoms with Crippen molar-refractivity contribution in [1.29, 1.82) is 0 Å². The van der Waals surface area contributed by atoms with Crippen LogP contribution in [0.1, 0.15) is 21.6 Å². The Kier molecular flexibility index (Phi) is 6.55. The van der Waals surface area contributed by atoms with Crippen LogP contribution in [0.5, 0.6) is 5.75 Å². The second-order valence-corrected chi connectivity index (χ2v) is 7.58. The highest BCUT2D eigenvalue weighted by Gasteiger charge is 2.30. The van der Waals surface area contributed by atoms with Crippen molar-refractivity contribution in [3.8, 4) is 5.75 Å². The van der Waals surface area contributed by atoms with Crippen LogP contribution in [-0.4, -0.2) is 25.5 Å². The van der Waals surface area contributed by atoms with Gasteiger partial charge in [0.2, 0.25) is 0 Å². The number of halogens is 5. The van der Waals surface area contributed by atoms with Crippen LogP contribution in [0.15, 0.2) is 67.1 Å². The van der Waals surface area contributed by atoms with E-state index in [1.807, 2.05) is 0 Å². The summed E-state index contributed by atoms with van der Waals surface area (Å²) in [5.41, 5.74) is 0.125. The number of amides is 1. The minimum absolute atomic E-state index is 0.0375. The molecule has 0 fully saturated rings. The number of anilines is 1. The average molecular weight is 494 g/mol. The highest BCUT2D eigenvalue weighted by atomic mass is 35.5. The van der Waals surface area contributed by atoms with Gasteiger partial charge in [0.1, 0.15) is 11.6 Å². The first-order chi connectivity index (χ1) is 16.2.